The van der Waals surface area contributed by atoms with Crippen LogP contribution < -0.4 is 14.8 Å². The van der Waals surface area contributed by atoms with Gasteiger partial charge >= 0.3 is 0 Å². The summed E-state index contributed by atoms with van der Waals surface area (Å²) in [5.41, 5.74) is 0. The molecule has 1 aliphatic rings. The van der Waals surface area contributed by atoms with Crippen LogP contribution in [0.3, 0.4) is 0 Å². The van der Waals surface area contributed by atoms with Gasteiger partial charge in [0.05, 0.1) is 6.20 Å². The second kappa shape index (κ2) is 11.4. The minimum atomic E-state index is -0.708. The first-order chi connectivity index (χ1) is 14.5. The smallest absolute Gasteiger partial charge is 0.257 e. The molecular formula is C21H25Cl2N3O4. The van der Waals surface area contributed by atoms with E-state index in [1.54, 1.807) is 36.4 Å². The summed E-state index contributed by atoms with van der Waals surface area (Å²) in [4.78, 5) is 17.9. The van der Waals surface area contributed by atoms with Crippen LogP contribution in [0.15, 0.2) is 42.6 Å². The van der Waals surface area contributed by atoms with Crippen molar-refractivity contribution < 1.29 is 19.4 Å². The predicted octanol–water partition coefficient (Wildman–Crippen LogP) is 2.99. The first-order valence-corrected chi connectivity index (χ1v) is 10.6. The molecule has 2 heterocycles. The zero-order chi connectivity index (χ0) is 21.3. The van der Waals surface area contributed by atoms with Gasteiger partial charge in [-0.1, -0.05) is 23.2 Å². The number of carbonyl (C=O) groups is 1. The summed E-state index contributed by atoms with van der Waals surface area (Å²) in [7, 11) is 0. The Bertz CT molecular complexity index is 805. The monoisotopic (exact) mass is 453 g/mol. The van der Waals surface area contributed by atoms with Crippen molar-refractivity contribution in [1.82, 2.24) is 15.2 Å². The lowest BCUT2D eigenvalue weighted by Crippen LogP contribution is -2.48. The fourth-order valence-electron chi connectivity index (χ4n) is 3.25. The number of carbonyl (C=O) groups excluding carboxylic acids is 1. The topological polar surface area (TPSA) is 83.9 Å². The van der Waals surface area contributed by atoms with Crippen molar-refractivity contribution in [1.29, 1.82) is 0 Å². The lowest BCUT2D eigenvalue weighted by atomic mass is 9.98. The fraction of sp³-hybridized carbons (Fsp3) is 0.429. The number of rotatable bonds is 9. The number of halogens is 2. The maximum Gasteiger partial charge on any atom is 0.257 e. The predicted molar refractivity (Wildman–Crippen MR) is 115 cm³/mol. The quantitative estimate of drug-likeness (QED) is 0.567. The summed E-state index contributed by atoms with van der Waals surface area (Å²) in [5, 5.41) is 14.4. The molecular weight excluding hydrogens is 429 g/mol. The van der Waals surface area contributed by atoms with E-state index in [0.717, 1.165) is 19.4 Å². The number of nitrogens with one attached hydrogen (secondary N) is 1. The van der Waals surface area contributed by atoms with E-state index < -0.39 is 6.23 Å². The van der Waals surface area contributed by atoms with E-state index in [1.165, 1.54) is 6.20 Å². The Morgan fingerprint density at radius 3 is 2.70 bits per heavy atom. The third kappa shape index (κ3) is 7.32. The Morgan fingerprint density at radius 2 is 1.97 bits per heavy atom. The molecule has 30 heavy (non-hydrogen) atoms. The molecule has 0 saturated carbocycles. The van der Waals surface area contributed by atoms with Gasteiger partial charge in [-0.05, 0) is 55.2 Å². The SMILES string of the molecule is O=C(COc1ccc(Cl)nc1)NCC1CCCN(C(O)COc2ccc(Cl)cc2)C1. The van der Waals surface area contributed by atoms with Crippen LogP contribution in [0.5, 0.6) is 11.5 Å². The standard InChI is InChI=1S/C21H25Cl2N3O4/c22-16-3-5-17(6-4-16)30-14-21(28)26-9-1-2-15(12-26)10-25-20(27)13-29-18-7-8-19(23)24-11-18/h3-8,11,15,21,28H,1-2,9-10,12-14H2,(H,25,27). The van der Waals surface area contributed by atoms with Crippen molar-refractivity contribution in [2.45, 2.75) is 19.1 Å². The summed E-state index contributed by atoms with van der Waals surface area (Å²) >= 11 is 11.6. The Labute approximate surface area is 185 Å². The zero-order valence-corrected chi connectivity index (χ0v) is 18.0. The van der Waals surface area contributed by atoms with Crippen LogP contribution in [0.2, 0.25) is 10.2 Å². The molecule has 1 amide bonds. The molecule has 0 radical (unpaired) electrons. The van der Waals surface area contributed by atoms with E-state index >= 15 is 0 Å². The molecule has 9 heteroatoms. The molecule has 1 aliphatic heterocycles. The van der Waals surface area contributed by atoms with Gasteiger partial charge in [0.25, 0.3) is 5.91 Å². The van der Waals surface area contributed by atoms with E-state index in [0.29, 0.717) is 34.8 Å². The number of likely N-dealkylation sites (tertiary alicyclic amines) is 1. The summed E-state index contributed by atoms with van der Waals surface area (Å²) < 4.78 is 11.0. The molecule has 2 atom stereocenters. The molecule has 162 valence electrons. The lowest BCUT2D eigenvalue weighted by Gasteiger charge is -2.35. The number of ether oxygens (including phenoxy) is 2. The first kappa shape index (κ1) is 22.6. The van der Waals surface area contributed by atoms with Gasteiger partial charge in [-0.2, -0.15) is 0 Å². The molecule has 2 N–H and O–H groups in total. The molecule has 1 aromatic heterocycles. The summed E-state index contributed by atoms with van der Waals surface area (Å²) in [6.07, 6.45) is 2.71. The Morgan fingerprint density at radius 1 is 1.20 bits per heavy atom. The maximum atomic E-state index is 12.0. The van der Waals surface area contributed by atoms with Crippen molar-refractivity contribution in [2.24, 2.45) is 5.92 Å². The van der Waals surface area contributed by atoms with Crippen LogP contribution >= 0.6 is 23.2 Å². The number of aromatic nitrogens is 1. The zero-order valence-electron chi connectivity index (χ0n) is 16.5. The Hall–Kier alpha value is -2.06. The number of aliphatic hydroxyl groups excluding tert-OH is 1. The van der Waals surface area contributed by atoms with Gasteiger partial charge in [-0.15, -0.1) is 0 Å². The molecule has 1 saturated heterocycles. The third-order valence-electron chi connectivity index (χ3n) is 4.84. The van der Waals surface area contributed by atoms with Gasteiger partial charge < -0.3 is 19.9 Å². The van der Waals surface area contributed by atoms with Crippen LogP contribution in [0, 0.1) is 5.92 Å². The van der Waals surface area contributed by atoms with Gasteiger partial charge in [0.15, 0.2) is 6.61 Å². The summed E-state index contributed by atoms with van der Waals surface area (Å²) in [6, 6.07) is 10.3. The first-order valence-electron chi connectivity index (χ1n) is 9.81. The van der Waals surface area contributed by atoms with Crippen LogP contribution in [-0.2, 0) is 4.79 Å². The molecule has 0 bridgehead atoms. The van der Waals surface area contributed by atoms with E-state index in [4.69, 9.17) is 32.7 Å². The van der Waals surface area contributed by atoms with Crippen molar-refractivity contribution in [3.8, 4) is 11.5 Å². The number of pyridine rings is 1. The van der Waals surface area contributed by atoms with Crippen LogP contribution in [0.4, 0.5) is 0 Å². The second-order valence-electron chi connectivity index (χ2n) is 7.16. The molecule has 1 fully saturated rings. The Balaban J connectivity index is 1.36. The Kier molecular flexibility index (Phi) is 8.57. The van der Waals surface area contributed by atoms with Gasteiger partial charge in [0.2, 0.25) is 0 Å². The van der Waals surface area contributed by atoms with Crippen molar-refractivity contribution in [3.05, 3.63) is 52.8 Å². The van der Waals surface area contributed by atoms with E-state index in [2.05, 4.69) is 10.3 Å². The van der Waals surface area contributed by atoms with Gasteiger partial charge in [0.1, 0.15) is 29.5 Å². The van der Waals surface area contributed by atoms with Crippen molar-refractivity contribution >= 4 is 29.1 Å². The van der Waals surface area contributed by atoms with Crippen LogP contribution in [-0.4, -0.2) is 60.0 Å². The molecule has 2 unspecified atom stereocenters. The highest BCUT2D eigenvalue weighted by atomic mass is 35.5. The minimum absolute atomic E-state index is 0.0860. The van der Waals surface area contributed by atoms with E-state index in [9.17, 15) is 9.90 Å². The van der Waals surface area contributed by atoms with E-state index in [-0.39, 0.29) is 25.0 Å². The third-order valence-corrected chi connectivity index (χ3v) is 5.32. The van der Waals surface area contributed by atoms with Crippen molar-refractivity contribution in [2.75, 3.05) is 32.8 Å². The normalized spacial score (nSPS) is 17.9. The van der Waals surface area contributed by atoms with E-state index in [1.807, 2.05) is 4.90 Å². The van der Waals surface area contributed by atoms with Gasteiger partial charge in [0, 0.05) is 24.7 Å². The molecule has 0 aliphatic carbocycles. The minimum Gasteiger partial charge on any atom is -0.489 e. The number of amides is 1. The number of benzene rings is 1. The average molecular weight is 454 g/mol. The summed E-state index contributed by atoms with van der Waals surface area (Å²) in [5.74, 6) is 1.20. The molecule has 7 nitrogen and oxygen atoms in total. The molecule has 2 aromatic rings. The largest absolute Gasteiger partial charge is 0.489 e. The summed E-state index contributed by atoms with van der Waals surface area (Å²) in [6.45, 7) is 2.10. The fourth-order valence-corrected chi connectivity index (χ4v) is 3.49. The maximum absolute atomic E-state index is 12.0. The number of aliphatic hydroxyl groups is 1. The molecule has 0 spiro atoms. The lowest BCUT2D eigenvalue weighted by molar-refractivity contribution is -0.123. The highest BCUT2D eigenvalue weighted by Gasteiger charge is 2.25. The number of hydrogen-bond donors (Lipinski definition) is 2. The van der Waals surface area contributed by atoms with Gasteiger partial charge in [-0.3, -0.25) is 9.69 Å². The van der Waals surface area contributed by atoms with Crippen LogP contribution in [0.1, 0.15) is 12.8 Å². The van der Waals surface area contributed by atoms with Gasteiger partial charge in [-0.25, -0.2) is 4.98 Å². The molecule has 1 aromatic carbocycles. The highest BCUT2D eigenvalue weighted by molar-refractivity contribution is 6.30. The molecule has 3 rings (SSSR count). The van der Waals surface area contributed by atoms with Crippen LogP contribution in [0.25, 0.3) is 0 Å². The average Bonchev–Trinajstić information content (AvgIpc) is 2.77. The number of hydrogen-bond acceptors (Lipinski definition) is 6. The van der Waals surface area contributed by atoms with Crippen molar-refractivity contribution in [3.63, 3.8) is 0 Å². The highest BCUT2D eigenvalue weighted by Crippen LogP contribution is 2.19. The number of piperidine rings is 1. The number of nitrogens with zero attached hydrogens (tertiary/aromatic N) is 2. The second-order valence-corrected chi connectivity index (χ2v) is 7.98.